The molecule has 0 saturated heterocycles. The summed E-state index contributed by atoms with van der Waals surface area (Å²) < 4.78 is 40.3. The first-order valence-corrected chi connectivity index (χ1v) is 7.62. The third-order valence-corrected chi connectivity index (χ3v) is 3.77. The number of hydrogen-bond donors (Lipinski definition) is 2. The third kappa shape index (κ3) is 3.69. The van der Waals surface area contributed by atoms with Crippen molar-refractivity contribution < 1.29 is 18.0 Å². The smallest absolute Gasteiger partial charge is 0.267 e. The molecule has 1 amide bonds. The summed E-state index contributed by atoms with van der Waals surface area (Å²) in [5.74, 6) is -0.903. The second-order valence-electron chi connectivity index (χ2n) is 5.15. The fourth-order valence-corrected chi connectivity index (χ4v) is 2.51. The summed E-state index contributed by atoms with van der Waals surface area (Å²) >= 11 is 4.15. The molecule has 0 spiro atoms. The molecule has 4 nitrogen and oxygen atoms in total. The molecule has 0 bridgehead atoms. The lowest BCUT2D eigenvalue weighted by atomic mass is 10.1. The Bertz CT molecular complexity index is 907. The number of nitrogens with one attached hydrogen (secondary N) is 1. The monoisotopic (exact) mass is 363 g/mol. The van der Waals surface area contributed by atoms with Gasteiger partial charge in [-0.15, -0.1) is 12.6 Å². The van der Waals surface area contributed by atoms with Crippen molar-refractivity contribution in [2.75, 3.05) is 5.43 Å². The van der Waals surface area contributed by atoms with E-state index in [2.05, 4.69) is 23.0 Å². The van der Waals surface area contributed by atoms with E-state index in [1.807, 2.05) is 30.3 Å². The first kappa shape index (κ1) is 17.1. The van der Waals surface area contributed by atoms with E-state index in [9.17, 15) is 18.0 Å². The number of carbonyl (C=O) groups is 1. The molecule has 1 aromatic heterocycles. The number of nitrogens with zero attached hydrogens (tertiary/aromatic N) is 2. The lowest BCUT2D eigenvalue weighted by Gasteiger charge is -2.13. The summed E-state index contributed by atoms with van der Waals surface area (Å²) in [5, 5.41) is 0.150. The number of amides is 1. The van der Waals surface area contributed by atoms with Gasteiger partial charge < -0.3 is 0 Å². The van der Waals surface area contributed by atoms with E-state index in [1.54, 1.807) is 0 Å². The second kappa shape index (κ2) is 6.64. The summed E-state index contributed by atoms with van der Waals surface area (Å²) in [6, 6.07) is 13.7. The summed E-state index contributed by atoms with van der Waals surface area (Å²) in [6.45, 7) is 0. The zero-order chi connectivity index (χ0) is 18.0. The molecule has 1 heterocycles. The number of carbonyl (C=O) groups excluding carboxylic acids is 1. The van der Waals surface area contributed by atoms with Crippen molar-refractivity contribution >= 4 is 18.5 Å². The number of benzene rings is 2. The van der Waals surface area contributed by atoms with Crippen molar-refractivity contribution in [2.24, 2.45) is 0 Å². The maximum atomic E-state index is 13.0. The van der Waals surface area contributed by atoms with Crippen LogP contribution in [0, 0.1) is 0 Å². The van der Waals surface area contributed by atoms with Crippen LogP contribution in [0.5, 0.6) is 0 Å². The van der Waals surface area contributed by atoms with Crippen LogP contribution in [0.1, 0.15) is 15.9 Å². The summed E-state index contributed by atoms with van der Waals surface area (Å²) in [5.41, 5.74) is 2.22. The van der Waals surface area contributed by atoms with Crippen LogP contribution in [0.4, 0.5) is 13.2 Å². The molecule has 0 atom stereocenters. The van der Waals surface area contributed by atoms with Crippen molar-refractivity contribution in [2.45, 2.75) is 11.3 Å². The van der Waals surface area contributed by atoms with Gasteiger partial charge in [0.05, 0.1) is 23.0 Å². The number of alkyl halides is 3. The Balaban J connectivity index is 1.89. The zero-order valence-corrected chi connectivity index (χ0v) is 13.6. The van der Waals surface area contributed by atoms with Crippen molar-refractivity contribution in [1.82, 2.24) is 9.66 Å². The number of halogens is 3. The Labute approximate surface area is 146 Å². The predicted molar refractivity (Wildman–Crippen MR) is 90.1 cm³/mol. The van der Waals surface area contributed by atoms with Gasteiger partial charge in [-0.05, 0) is 12.1 Å². The number of thiol groups is 1. The van der Waals surface area contributed by atoms with Crippen LogP contribution in [0.25, 0.3) is 11.3 Å². The topological polar surface area (TPSA) is 46.9 Å². The summed E-state index contributed by atoms with van der Waals surface area (Å²) in [7, 11) is 0. The van der Waals surface area contributed by atoms with Gasteiger partial charge in [0.15, 0.2) is 5.16 Å². The van der Waals surface area contributed by atoms with Crippen LogP contribution in [0.2, 0.25) is 0 Å². The Morgan fingerprint density at radius 2 is 1.68 bits per heavy atom. The first-order valence-electron chi connectivity index (χ1n) is 7.17. The maximum Gasteiger partial charge on any atom is 0.417 e. The molecule has 0 saturated carbocycles. The standard InChI is InChI=1S/C17H12F3N3OS/c18-17(19,20)13-9-5-4-8-12(13)15(24)22-23-10-14(21-16(23)25)11-6-2-1-3-7-11/h1-10H,(H,21,25)(H,22,24). The van der Waals surface area contributed by atoms with Gasteiger partial charge in [-0.1, -0.05) is 42.5 Å². The molecule has 8 heteroatoms. The van der Waals surface area contributed by atoms with Gasteiger partial charge in [-0.3, -0.25) is 10.2 Å². The van der Waals surface area contributed by atoms with Gasteiger partial charge >= 0.3 is 6.18 Å². The Morgan fingerprint density at radius 3 is 2.36 bits per heavy atom. The molecule has 0 radical (unpaired) electrons. The van der Waals surface area contributed by atoms with Gasteiger partial charge in [-0.2, -0.15) is 13.2 Å². The molecular weight excluding hydrogens is 351 g/mol. The quantitative estimate of drug-likeness (QED) is 0.684. The van der Waals surface area contributed by atoms with Crippen LogP contribution in [-0.2, 0) is 6.18 Å². The molecule has 3 aromatic rings. The number of hydrogen-bond acceptors (Lipinski definition) is 3. The van der Waals surface area contributed by atoms with Crippen molar-refractivity contribution in [3.8, 4) is 11.3 Å². The minimum atomic E-state index is -4.62. The molecular formula is C17H12F3N3OS. The van der Waals surface area contributed by atoms with Crippen molar-refractivity contribution in [1.29, 1.82) is 0 Å². The highest BCUT2D eigenvalue weighted by molar-refractivity contribution is 7.80. The number of rotatable bonds is 3. The fraction of sp³-hybridized carbons (Fsp3) is 0.0588. The molecule has 0 aliphatic carbocycles. The molecule has 0 aliphatic rings. The Kier molecular flexibility index (Phi) is 4.54. The Hall–Kier alpha value is -2.74. The molecule has 0 aliphatic heterocycles. The first-order chi connectivity index (χ1) is 11.9. The average molecular weight is 363 g/mol. The van der Waals surface area contributed by atoms with Gasteiger partial charge in [0, 0.05) is 5.56 Å². The van der Waals surface area contributed by atoms with E-state index in [1.165, 1.54) is 23.0 Å². The highest BCUT2D eigenvalue weighted by Gasteiger charge is 2.35. The molecule has 2 aromatic carbocycles. The van der Waals surface area contributed by atoms with E-state index in [0.717, 1.165) is 17.7 Å². The summed E-state index contributed by atoms with van der Waals surface area (Å²) in [6.07, 6.45) is -3.13. The normalized spacial score (nSPS) is 11.4. The fourth-order valence-electron chi connectivity index (χ4n) is 2.30. The maximum absolute atomic E-state index is 13.0. The molecule has 25 heavy (non-hydrogen) atoms. The zero-order valence-electron chi connectivity index (χ0n) is 12.7. The Morgan fingerprint density at radius 1 is 1.04 bits per heavy atom. The van der Waals surface area contributed by atoms with Gasteiger partial charge in [0.2, 0.25) is 0 Å². The van der Waals surface area contributed by atoms with Crippen LogP contribution >= 0.6 is 12.6 Å². The van der Waals surface area contributed by atoms with Crippen LogP contribution in [0.15, 0.2) is 66.0 Å². The lowest BCUT2D eigenvalue weighted by molar-refractivity contribution is -0.137. The van der Waals surface area contributed by atoms with E-state index >= 15 is 0 Å². The third-order valence-electron chi connectivity index (χ3n) is 3.46. The largest absolute Gasteiger partial charge is 0.417 e. The highest BCUT2D eigenvalue weighted by atomic mass is 32.1. The van der Waals surface area contributed by atoms with E-state index < -0.39 is 23.2 Å². The number of imidazole rings is 1. The van der Waals surface area contributed by atoms with Gasteiger partial charge in [-0.25, -0.2) is 9.66 Å². The molecule has 128 valence electrons. The van der Waals surface area contributed by atoms with Crippen LogP contribution < -0.4 is 5.43 Å². The number of aromatic nitrogens is 2. The van der Waals surface area contributed by atoms with E-state index in [-0.39, 0.29) is 5.16 Å². The molecule has 0 fully saturated rings. The second-order valence-corrected chi connectivity index (χ2v) is 5.55. The van der Waals surface area contributed by atoms with Crippen molar-refractivity contribution in [3.05, 3.63) is 71.9 Å². The van der Waals surface area contributed by atoms with Crippen molar-refractivity contribution in [3.63, 3.8) is 0 Å². The average Bonchev–Trinajstić information content (AvgIpc) is 2.95. The van der Waals surface area contributed by atoms with Gasteiger partial charge in [0.25, 0.3) is 5.91 Å². The predicted octanol–water partition coefficient (Wildman–Crippen LogP) is 4.24. The molecule has 1 N–H and O–H groups in total. The highest BCUT2D eigenvalue weighted by Crippen LogP contribution is 2.32. The SMILES string of the molecule is O=C(Nn1cc(-c2ccccc2)nc1S)c1ccccc1C(F)(F)F. The minimum absolute atomic E-state index is 0.150. The van der Waals surface area contributed by atoms with Gasteiger partial charge in [0.1, 0.15) is 0 Å². The van der Waals surface area contributed by atoms with E-state index in [0.29, 0.717) is 5.69 Å². The molecule has 0 unspecified atom stereocenters. The van der Waals surface area contributed by atoms with E-state index in [4.69, 9.17) is 0 Å². The summed E-state index contributed by atoms with van der Waals surface area (Å²) in [4.78, 5) is 16.5. The van der Waals surface area contributed by atoms with Crippen LogP contribution in [-0.4, -0.2) is 15.6 Å². The lowest BCUT2D eigenvalue weighted by Crippen LogP contribution is -2.25. The molecule has 3 rings (SSSR count). The minimum Gasteiger partial charge on any atom is -0.267 e. The van der Waals surface area contributed by atoms with Crippen LogP contribution in [0.3, 0.4) is 0 Å².